The second kappa shape index (κ2) is 5.39. The summed E-state index contributed by atoms with van der Waals surface area (Å²) in [4.78, 5) is 17.4. The lowest BCUT2D eigenvalue weighted by molar-refractivity contribution is 0.972. The van der Waals surface area contributed by atoms with E-state index < -0.39 is 0 Å². The van der Waals surface area contributed by atoms with E-state index in [0.717, 1.165) is 28.1 Å². The average Bonchev–Trinajstić information content (AvgIpc) is 2.39. The van der Waals surface area contributed by atoms with Crippen LogP contribution in [0, 0.1) is 6.92 Å². The van der Waals surface area contributed by atoms with E-state index in [1.165, 1.54) is 0 Å². The molecule has 0 fully saturated rings. The summed E-state index contributed by atoms with van der Waals surface area (Å²) in [6.45, 7) is 3.91. The Morgan fingerprint density at radius 2 is 2.06 bits per heavy atom. The Hall–Kier alpha value is -1.56. The van der Waals surface area contributed by atoms with E-state index in [1.54, 1.807) is 6.20 Å². The van der Waals surface area contributed by atoms with Gasteiger partial charge in [-0.05, 0) is 35.3 Å². The second-order valence-corrected chi connectivity index (χ2v) is 4.54. The van der Waals surface area contributed by atoms with Crippen molar-refractivity contribution >= 4 is 21.7 Å². The number of anilines is 1. The summed E-state index contributed by atoms with van der Waals surface area (Å²) in [5, 5.41) is 3.05. The molecule has 0 aliphatic heterocycles. The van der Waals surface area contributed by atoms with Crippen LogP contribution >= 0.6 is 15.9 Å². The Morgan fingerprint density at radius 3 is 2.67 bits per heavy atom. The standard InChI is InChI=1S/C12H14BrN5/c1-4-8-10(13)12(14-3)18-11(17-8)9-5-6-15-7(2)16-9/h5-6H,4H2,1-3H3,(H,14,17,18). The number of hydrogen-bond donors (Lipinski definition) is 1. The van der Waals surface area contributed by atoms with Gasteiger partial charge in [0.15, 0.2) is 5.82 Å². The molecule has 0 aliphatic rings. The zero-order valence-corrected chi connectivity index (χ0v) is 12.1. The Labute approximate surface area is 114 Å². The van der Waals surface area contributed by atoms with Crippen LogP contribution in [0.2, 0.25) is 0 Å². The van der Waals surface area contributed by atoms with E-state index in [0.29, 0.717) is 11.6 Å². The van der Waals surface area contributed by atoms with Crippen LogP contribution in [0.4, 0.5) is 5.82 Å². The van der Waals surface area contributed by atoms with E-state index in [-0.39, 0.29) is 0 Å². The van der Waals surface area contributed by atoms with Crippen molar-refractivity contribution in [2.75, 3.05) is 12.4 Å². The molecule has 0 aromatic carbocycles. The van der Waals surface area contributed by atoms with Gasteiger partial charge in [0.25, 0.3) is 0 Å². The van der Waals surface area contributed by atoms with Crippen molar-refractivity contribution < 1.29 is 0 Å². The SMILES string of the molecule is CCc1nc(-c2ccnc(C)n2)nc(NC)c1Br. The maximum absolute atomic E-state index is 4.52. The zero-order chi connectivity index (χ0) is 13.1. The first-order valence-electron chi connectivity index (χ1n) is 5.70. The molecule has 0 saturated heterocycles. The van der Waals surface area contributed by atoms with Crippen LogP contribution in [0.5, 0.6) is 0 Å². The summed E-state index contributed by atoms with van der Waals surface area (Å²) in [7, 11) is 1.83. The Balaban J connectivity index is 2.58. The summed E-state index contributed by atoms with van der Waals surface area (Å²) in [6, 6.07) is 1.81. The monoisotopic (exact) mass is 307 g/mol. The quantitative estimate of drug-likeness (QED) is 0.944. The molecular weight excluding hydrogens is 294 g/mol. The molecule has 18 heavy (non-hydrogen) atoms. The number of aromatic nitrogens is 4. The highest BCUT2D eigenvalue weighted by Gasteiger charge is 2.12. The van der Waals surface area contributed by atoms with Gasteiger partial charge in [-0.2, -0.15) is 0 Å². The maximum atomic E-state index is 4.52. The first-order chi connectivity index (χ1) is 8.65. The third-order valence-electron chi connectivity index (χ3n) is 2.50. The normalized spacial score (nSPS) is 10.4. The first kappa shape index (κ1) is 12.9. The number of nitrogens with zero attached hydrogens (tertiary/aromatic N) is 4. The van der Waals surface area contributed by atoms with Crippen LogP contribution in [0.1, 0.15) is 18.4 Å². The van der Waals surface area contributed by atoms with E-state index in [1.807, 2.05) is 20.0 Å². The molecule has 0 spiro atoms. The van der Waals surface area contributed by atoms with Crippen LogP contribution in [0.25, 0.3) is 11.5 Å². The summed E-state index contributed by atoms with van der Waals surface area (Å²) < 4.78 is 0.905. The third kappa shape index (κ3) is 2.48. The van der Waals surface area contributed by atoms with E-state index in [4.69, 9.17) is 0 Å². The fraction of sp³-hybridized carbons (Fsp3) is 0.333. The van der Waals surface area contributed by atoms with Gasteiger partial charge in [-0.3, -0.25) is 0 Å². The van der Waals surface area contributed by atoms with Gasteiger partial charge in [0.2, 0.25) is 0 Å². The van der Waals surface area contributed by atoms with Crippen LogP contribution in [-0.4, -0.2) is 27.0 Å². The smallest absolute Gasteiger partial charge is 0.180 e. The highest BCUT2D eigenvalue weighted by molar-refractivity contribution is 9.10. The molecule has 2 rings (SSSR count). The van der Waals surface area contributed by atoms with Gasteiger partial charge in [-0.25, -0.2) is 19.9 Å². The highest BCUT2D eigenvalue weighted by atomic mass is 79.9. The number of aryl methyl sites for hydroxylation is 2. The number of halogens is 1. The highest BCUT2D eigenvalue weighted by Crippen LogP contribution is 2.26. The first-order valence-corrected chi connectivity index (χ1v) is 6.49. The lowest BCUT2D eigenvalue weighted by atomic mass is 10.3. The van der Waals surface area contributed by atoms with Crippen molar-refractivity contribution in [1.29, 1.82) is 0 Å². The Bertz CT molecular complexity index is 545. The second-order valence-electron chi connectivity index (χ2n) is 3.75. The molecule has 2 heterocycles. The van der Waals surface area contributed by atoms with Crippen molar-refractivity contribution in [2.24, 2.45) is 0 Å². The Morgan fingerprint density at radius 1 is 1.28 bits per heavy atom. The minimum absolute atomic E-state index is 0.616. The predicted molar refractivity (Wildman–Crippen MR) is 74.4 cm³/mol. The molecule has 0 atom stereocenters. The maximum Gasteiger partial charge on any atom is 0.180 e. The van der Waals surface area contributed by atoms with Crippen LogP contribution < -0.4 is 5.32 Å². The minimum Gasteiger partial charge on any atom is -0.372 e. The number of hydrogen-bond acceptors (Lipinski definition) is 5. The molecule has 6 heteroatoms. The third-order valence-corrected chi connectivity index (χ3v) is 3.33. The molecule has 0 unspecified atom stereocenters. The summed E-state index contributed by atoms with van der Waals surface area (Å²) >= 11 is 3.50. The largest absolute Gasteiger partial charge is 0.372 e. The van der Waals surface area contributed by atoms with E-state index in [2.05, 4.69) is 48.1 Å². The lowest BCUT2D eigenvalue weighted by Gasteiger charge is -2.09. The zero-order valence-electron chi connectivity index (χ0n) is 10.5. The molecule has 2 aromatic rings. The number of rotatable bonds is 3. The molecule has 0 saturated carbocycles. The van der Waals surface area contributed by atoms with Gasteiger partial charge < -0.3 is 5.32 Å². The van der Waals surface area contributed by atoms with Gasteiger partial charge in [0, 0.05) is 13.2 Å². The molecule has 5 nitrogen and oxygen atoms in total. The van der Waals surface area contributed by atoms with Gasteiger partial charge >= 0.3 is 0 Å². The minimum atomic E-state index is 0.616. The summed E-state index contributed by atoms with van der Waals surface area (Å²) in [6.07, 6.45) is 2.54. The fourth-order valence-electron chi connectivity index (χ4n) is 1.59. The molecule has 0 radical (unpaired) electrons. The topological polar surface area (TPSA) is 63.6 Å². The van der Waals surface area contributed by atoms with Crippen LogP contribution in [0.3, 0.4) is 0 Å². The van der Waals surface area contributed by atoms with Gasteiger partial charge in [0.1, 0.15) is 17.3 Å². The van der Waals surface area contributed by atoms with Crippen molar-refractivity contribution in [2.45, 2.75) is 20.3 Å². The van der Waals surface area contributed by atoms with E-state index in [9.17, 15) is 0 Å². The van der Waals surface area contributed by atoms with Crippen molar-refractivity contribution in [3.63, 3.8) is 0 Å². The Kier molecular flexibility index (Phi) is 3.86. The van der Waals surface area contributed by atoms with E-state index >= 15 is 0 Å². The van der Waals surface area contributed by atoms with Gasteiger partial charge in [0.05, 0.1) is 10.2 Å². The van der Waals surface area contributed by atoms with Crippen molar-refractivity contribution in [1.82, 2.24) is 19.9 Å². The molecule has 0 bridgehead atoms. The van der Waals surface area contributed by atoms with Crippen LogP contribution in [0.15, 0.2) is 16.7 Å². The summed E-state index contributed by atoms with van der Waals surface area (Å²) in [5.74, 6) is 2.10. The van der Waals surface area contributed by atoms with Crippen molar-refractivity contribution in [3.05, 3.63) is 28.3 Å². The molecule has 1 N–H and O–H groups in total. The predicted octanol–water partition coefficient (Wildman–Crippen LogP) is 2.61. The average molecular weight is 308 g/mol. The van der Waals surface area contributed by atoms with Crippen LogP contribution in [-0.2, 0) is 6.42 Å². The molecular formula is C12H14BrN5. The lowest BCUT2D eigenvalue weighted by Crippen LogP contribution is -2.04. The molecule has 0 amide bonds. The van der Waals surface area contributed by atoms with Gasteiger partial charge in [-0.15, -0.1) is 0 Å². The molecule has 2 aromatic heterocycles. The summed E-state index contributed by atoms with van der Waals surface area (Å²) in [5.41, 5.74) is 1.70. The fourth-order valence-corrected chi connectivity index (χ4v) is 2.24. The van der Waals surface area contributed by atoms with Crippen molar-refractivity contribution in [3.8, 4) is 11.5 Å². The number of nitrogens with one attached hydrogen (secondary N) is 1. The molecule has 94 valence electrons. The van der Waals surface area contributed by atoms with Gasteiger partial charge in [-0.1, -0.05) is 6.92 Å². The molecule has 0 aliphatic carbocycles.